The van der Waals surface area contributed by atoms with E-state index in [2.05, 4.69) is 0 Å². The maximum Gasteiger partial charge on any atom is 0.343 e. The second-order valence-corrected chi connectivity index (χ2v) is 16.7. The zero-order valence-corrected chi connectivity index (χ0v) is 37.5. The third-order valence-electron chi connectivity index (χ3n) is 12.4. The van der Waals surface area contributed by atoms with E-state index in [1.807, 2.05) is 0 Å². The van der Waals surface area contributed by atoms with Gasteiger partial charge in [0.25, 0.3) is 0 Å². The van der Waals surface area contributed by atoms with E-state index in [0.29, 0.717) is 5.56 Å². The van der Waals surface area contributed by atoms with Crippen molar-refractivity contribution in [1.82, 2.24) is 0 Å². The van der Waals surface area contributed by atoms with Crippen LogP contribution in [-0.4, -0.2) is 171 Å². The second-order valence-electron chi connectivity index (χ2n) is 16.7. The number of esters is 3. The molecule has 23 heteroatoms. The van der Waals surface area contributed by atoms with Gasteiger partial charge in [-0.15, -0.1) is 0 Å². The molecule has 1 saturated carbocycles. The molecule has 0 bridgehead atoms. The molecule has 3 aliphatic heterocycles. The molecule has 0 amide bonds. The Bertz CT molecular complexity index is 2410. The number of carbonyl (C=O) groups is 4. The van der Waals surface area contributed by atoms with E-state index in [1.165, 1.54) is 81.0 Å². The third kappa shape index (κ3) is 11.0. The Labute approximate surface area is 398 Å². The smallest absolute Gasteiger partial charge is 0.343 e. The van der Waals surface area contributed by atoms with Crippen molar-refractivity contribution in [2.75, 3.05) is 27.4 Å². The summed E-state index contributed by atoms with van der Waals surface area (Å²) in [6.07, 6.45) is -15.4. The van der Waals surface area contributed by atoms with Crippen LogP contribution in [0.4, 0.5) is 0 Å². The third-order valence-corrected chi connectivity index (χ3v) is 12.4. The first-order valence-corrected chi connectivity index (χ1v) is 21.8. The molecule has 3 heterocycles. The van der Waals surface area contributed by atoms with Crippen molar-refractivity contribution in [1.29, 1.82) is 0 Å². The zero-order valence-electron chi connectivity index (χ0n) is 37.5. The van der Waals surface area contributed by atoms with Crippen LogP contribution in [0.3, 0.4) is 0 Å². The van der Waals surface area contributed by atoms with Gasteiger partial charge in [0.05, 0.1) is 50.4 Å². The molecule has 1 aliphatic carbocycles. The molecule has 0 spiro atoms. The minimum Gasteiger partial charge on any atom is -0.502 e. The molecule has 0 aromatic heterocycles. The summed E-state index contributed by atoms with van der Waals surface area (Å²) in [5, 5.41) is 92.2. The van der Waals surface area contributed by atoms with Gasteiger partial charge in [-0.25, -0.2) is 19.2 Å². The van der Waals surface area contributed by atoms with E-state index in [-0.39, 0.29) is 51.9 Å². The minimum atomic E-state index is -1.87. The summed E-state index contributed by atoms with van der Waals surface area (Å²) in [4.78, 5) is 52.6. The number of carbonyl (C=O) groups excluding carboxylic acids is 3. The van der Waals surface area contributed by atoms with E-state index >= 15 is 0 Å². The van der Waals surface area contributed by atoms with E-state index < -0.39 is 129 Å². The second kappa shape index (κ2) is 22.1. The van der Waals surface area contributed by atoms with Gasteiger partial charge in [-0.3, -0.25) is 0 Å². The topological polar surface area (TPSA) is 343 Å². The van der Waals surface area contributed by atoms with Crippen LogP contribution in [0, 0.1) is 17.8 Å². The van der Waals surface area contributed by atoms with E-state index in [4.69, 9.17) is 47.4 Å². The van der Waals surface area contributed by atoms with Crippen LogP contribution in [0.5, 0.6) is 28.7 Å². The van der Waals surface area contributed by atoms with E-state index in [0.717, 1.165) is 12.3 Å². The molecule has 3 aromatic rings. The standard InChI is InChI=1S/C47H52O23/c1-20-28(66-44(60)23-7-4-8-24(14-23)64-43(59)22-6-5-9-25(15-22)65-46-40(56)38(54)36(52)31(17-48)67-46)16-26-27(42(57)58)19-63-45(34(20)26)70-47-41(39(55)37(53)32(18-49)68-47)69-33(50)11-10-21-12-29(61-2)35(51)30(13-21)62-3/h4-15,19-20,26,28,31-32,34,36-41,45-49,51-56H,16-18H2,1-3H3,(H,57,58)/b11-10+/t20-,26+,28+,31+,32+,34+,36+,37+,38-,39-,40+,41+,45-,46+,47-/m1/s1. The van der Waals surface area contributed by atoms with Gasteiger partial charge in [0, 0.05) is 23.8 Å². The Hall–Kier alpha value is -6.38. The minimum absolute atomic E-state index is 0.000944. The van der Waals surface area contributed by atoms with Crippen molar-refractivity contribution < 1.29 is 113 Å². The first-order valence-electron chi connectivity index (χ1n) is 21.8. The van der Waals surface area contributed by atoms with Crippen LogP contribution in [0.15, 0.2) is 78.6 Å². The predicted molar refractivity (Wildman–Crippen MR) is 232 cm³/mol. The van der Waals surface area contributed by atoms with Crippen LogP contribution in [-0.2, 0) is 38.0 Å². The van der Waals surface area contributed by atoms with Crippen molar-refractivity contribution in [2.45, 2.75) is 87.2 Å². The van der Waals surface area contributed by atoms with Crippen LogP contribution in [0.25, 0.3) is 6.08 Å². The highest BCUT2D eigenvalue weighted by Crippen LogP contribution is 2.49. The summed E-state index contributed by atoms with van der Waals surface area (Å²) in [6.45, 7) is 0.185. The Morgan fingerprint density at radius 2 is 1.33 bits per heavy atom. The number of aliphatic hydroxyl groups excluding tert-OH is 7. The highest BCUT2D eigenvalue weighted by Gasteiger charge is 2.55. The Balaban J connectivity index is 1.03. The average molecular weight is 985 g/mol. The Morgan fingerprint density at radius 1 is 0.729 bits per heavy atom. The molecule has 0 radical (unpaired) electrons. The summed E-state index contributed by atoms with van der Waals surface area (Å²) >= 11 is 0. The largest absolute Gasteiger partial charge is 0.502 e. The van der Waals surface area contributed by atoms with Gasteiger partial charge >= 0.3 is 23.9 Å². The summed E-state index contributed by atoms with van der Waals surface area (Å²) in [7, 11) is 2.63. The summed E-state index contributed by atoms with van der Waals surface area (Å²) in [5.41, 5.74) is 0.0805. The Morgan fingerprint density at radius 3 is 1.96 bits per heavy atom. The van der Waals surface area contributed by atoms with Crippen molar-refractivity contribution in [3.8, 4) is 28.7 Å². The van der Waals surface area contributed by atoms with Gasteiger partial charge in [-0.05, 0) is 66.6 Å². The molecule has 3 fully saturated rings. The number of rotatable bonds is 16. The molecule has 4 aliphatic rings. The number of carboxylic acids is 1. The number of hydrogen-bond donors (Lipinski definition) is 9. The molecule has 378 valence electrons. The molecule has 2 saturated heterocycles. The van der Waals surface area contributed by atoms with Crippen molar-refractivity contribution >= 4 is 30.0 Å². The van der Waals surface area contributed by atoms with Crippen molar-refractivity contribution in [3.63, 3.8) is 0 Å². The number of aromatic hydroxyl groups is 1. The van der Waals surface area contributed by atoms with Crippen molar-refractivity contribution in [2.24, 2.45) is 17.8 Å². The van der Waals surface area contributed by atoms with Gasteiger partial charge in [-0.1, -0.05) is 19.1 Å². The zero-order chi connectivity index (χ0) is 50.6. The number of hydrogen-bond acceptors (Lipinski definition) is 22. The molecule has 3 aromatic carbocycles. The van der Waals surface area contributed by atoms with Crippen LogP contribution >= 0.6 is 0 Å². The molecule has 23 nitrogen and oxygen atoms in total. The highest BCUT2D eigenvalue weighted by atomic mass is 16.8. The fourth-order valence-electron chi connectivity index (χ4n) is 8.64. The molecule has 15 atom stereocenters. The summed E-state index contributed by atoms with van der Waals surface area (Å²) in [6, 6.07) is 13.8. The number of phenolic OH excluding ortho intramolecular Hbond substituents is 1. The lowest BCUT2D eigenvalue weighted by Crippen LogP contribution is -2.61. The maximum absolute atomic E-state index is 13.7. The lowest BCUT2D eigenvalue weighted by Gasteiger charge is -2.44. The molecular formula is C47H52O23. The number of aliphatic carboxylic acids is 1. The Kier molecular flexibility index (Phi) is 16.3. The maximum atomic E-state index is 13.7. The monoisotopic (exact) mass is 984 g/mol. The van der Waals surface area contributed by atoms with Crippen LogP contribution in [0.1, 0.15) is 39.6 Å². The number of phenols is 1. The molecule has 0 unspecified atom stereocenters. The number of ether oxygens (including phenoxy) is 10. The van der Waals surface area contributed by atoms with Crippen LogP contribution < -0.4 is 18.9 Å². The fourth-order valence-corrected chi connectivity index (χ4v) is 8.64. The fraction of sp³-hybridized carbons (Fsp3) is 0.447. The number of fused-ring (bicyclic) bond motifs is 1. The molecule has 70 heavy (non-hydrogen) atoms. The average Bonchev–Trinajstić information content (AvgIpc) is 3.68. The lowest BCUT2D eigenvalue weighted by atomic mass is 9.83. The quantitative estimate of drug-likeness (QED) is 0.0518. The number of carboxylic acid groups (broad SMARTS) is 1. The highest BCUT2D eigenvalue weighted by molar-refractivity contribution is 5.93. The first-order chi connectivity index (χ1) is 33.5. The normalized spacial score (nSPS) is 31.6. The van der Waals surface area contributed by atoms with Gasteiger partial charge in [0.1, 0.15) is 60.3 Å². The predicted octanol–water partition coefficient (Wildman–Crippen LogP) is 0.0105. The number of aliphatic hydroxyl groups is 7. The van der Waals surface area contributed by atoms with E-state index in [1.54, 1.807) is 6.92 Å². The number of benzene rings is 3. The van der Waals surface area contributed by atoms with Gasteiger partial charge < -0.3 is 93.3 Å². The molecular weight excluding hydrogens is 932 g/mol. The first kappa shape index (κ1) is 51.5. The molecule has 9 N–H and O–H groups in total. The summed E-state index contributed by atoms with van der Waals surface area (Å²) < 4.78 is 56.0. The van der Waals surface area contributed by atoms with Gasteiger partial charge in [0.2, 0.25) is 24.6 Å². The van der Waals surface area contributed by atoms with E-state index in [9.17, 15) is 65.1 Å². The van der Waals surface area contributed by atoms with Crippen molar-refractivity contribution in [3.05, 3.63) is 95.3 Å². The molecule has 7 rings (SSSR count). The van der Waals surface area contributed by atoms with Crippen LogP contribution in [0.2, 0.25) is 0 Å². The summed E-state index contributed by atoms with van der Waals surface area (Å²) in [5.74, 6) is -6.84. The van der Waals surface area contributed by atoms with Gasteiger partial charge in [-0.2, -0.15) is 0 Å². The number of methoxy groups -OCH3 is 2. The van der Waals surface area contributed by atoms with Gasteiger partial charge in [0.15, 0.2) is 17.6 Å². The lowest BCUT2D eigenvalue weighted by molar-refractivity contribution is -0.343. The SMILES string of the molecule is COc1cc(/C=C/C(=O)O[C@@H]2[C@@H](O[C@H]3OC=C(C(=O)O)[C@@H]4C[C@H](OC(=O)c5cccc(OC(=O)c6cccc(O[C@H]7O[C@@H](CO)[C@H](O)[C@@H](O)[C@@H]7O)c6)c5)[C@@H](C)[C@H]34)O[C@@H](CO)[C@H](O)[C@H]2O)cc(OC)c1O.